The molecule has 0 fully saturated rings. The molecule has 7 heteroatoms. The molecule has 0 radical (unpaired) electrons. The van der Waals surface area contributed by atoms with Crippen molar-refractivity contribution in [3.63, 3.8) is 0 Å². The summed E-state index contributed by atoms with van der Waals surface area (Å²) in [6.07, 6.45) is 1.58. The predicted molar refractivity (Wildman–Crippen MR) is 68.6 cm³/mol. The SMILES string of the molecule is C[C@@H]1[C@@H](CO)[C@](O)(C(Cl)(Cl)Cl)c2cc(C#N)cn21. The molecule has 1 aliphatic heterocycles. The number of aliphatic hydroxyl groups excluding tert-OH is 1. The fourth-order valence-electron chi connectivity index (χ4n) is 2.56. The lowest BCUT2D eigenvalue weighted by Crippen LogP contribution is -2.46. The van der Waals surface area contributed by atoms with Gasteiger partial charge in [-0.2, -0.15) is 5.26 Å². The second-order valence-electron chi connectivity index (χ2n) is 4.43. The molecule has 0 aromatic carbocycles. The molecule has 0 aliphatic carbocycles. The molecule has 0 bridgehead atoms. The maximum absolute atomic E-state index is 10.7. The van der Waals surface area contributed by atoms with Gasteiger partial charge in [-0.25, -0.2) is 0 Å². The monoisotopic (exact) mass is 308 g/mol. The number of aliphatic hydroxyl groups is 2. The minimum atomic E-state index is -1.99. The summed E-state index contributed by atoms with van der Waals surface area (Å²) in [5.74, 6) is -0.646. The highest BCUT2D eigenvalue weighted by molar-refractivity contribution is 6.68. The van der Waals surface area contributed by atoms with Crippen molar-refractivity contribution in [2.24, 2.45) is 5.92 Å². The Morgan fingerprint density at radius 3 is 2.61 bits per heavy atom. The van der Waals surface area contributed by atoms with E-state index in [1.807, 2.05) is 6.07 Å². The Hall–Kier alpha value is -0.440. The molecule has 0 spiro atoms. The molecule has 1 aliphatic rings. The van der Waals surface area contributed by atoms with E-state index in [9.17, 15) is 10.2 Å². The first kappa shape index (κ1) is 14.0. The van der Waals surface area contributed by atoms with E-state index < -0.39 is 15.3 Å². The minimum absolute atomic E-state index is 0.271. The van der Waals surface area contributed by atoms with Crippen molar-refractivity contribution in [3.8, 4) is 6.07 Å². The number of rotatable bonds is 1. The lowest BCUT2D eigenvalue weighted by Gasteiger charge is -2.36. The molecule has 0 saturated carbocycles. The van der Waals surface area contributed by atoms with E-state index in [1.54, 1.807) is 17.7 Å². The number of nitriles is 1. The van der Waals surface area contributed by atoms with Gasteiger partial charge in [-0.3, -0.25) is 0 Å². The van der Waals surface area contributed by atoms with Crippen LogP contribution in [0.15, 0.2) is 12.3 Å². The van der Waals surface area contributed by atoms with Crippen LogP contribution in [-0.2, 0) is 5.60 Å². The standard InChI is InChI=1S/C11H11Cl3N2O2/c1-6-8(5-17)10(18,11(12,13)14)9-2-7(3-15)4-16(6)9/h2,4,6,8,17-18H,5H2,1H3/t6-,8-,10-/m1/s1. The number of hydrogen-bond acceptors (Lipinski definition) is 3. The Balaban J connectivity index is 2.66. The van der Waals surface area contributed by atoms with Gasteiger partial charge in [0.25, 0.3) is 0 Å². The molecule has 98 valence electrons. The van der Waals surface area contributed by atoms with E-state index in [1.165, 1.54) is 6.07 Å². The van der Waals surface area contributed by atoms with Gasteiger partial charge in [-0.15, -0.1) is 0 Å². The van der Waals surface area contributed by atoms with Crippen LogP contribution in [-0.4, -0.2) is 25.2 Å². The van der Waals surface area contributed by atoms with Crippen molar-refractivity contribution < 1.29 is 10.2 Å². The van der Waals surface area contributed by atoms with Gasteiger partial charge in [-0.1, -0.05) is 34.8 Å². The molecule has 18 heavy (non-hydrogen) atoms. The number of alkyl halides is 3. The second kappa shape index (κ2) is 4.29. The summed E-state index contributed by atoms with van der Waals surface area (Å²) in [6, 6.07) is 3.18. The quantitative estimate of drug-likeness (QED) is 0.781. The molecule has 1 aromatic heterocycles. The molecule has 1 aromatic rings. The van der Waals surface area contributed by atoms with E-state index in [0.29, 0.717) is 11.3 Å². The molecule has 2 heterocycles. The summed E-state index contributed by atoms with van der Waals surface area (Å²) in [4.78, 5) is 0. The van der Waals surface area contributed by atoms with E-state index in [-0.39, 0.29) is 12.6 Å². The van der Waals surface area contributed by atoms with Crippen molar-refractivity contribution in [1.82, 2.24) is 4.57 Å². The summed E-state index contributed by atoms with van der Waals surface area (Å²) in [5, 5.41) is 29.1. The molecule has 2 rings (SSSR count). The lowest BCUT2D eigenvalue weighted by atomic mass is 9.85. The third-order valence-electron chi connectivity index (χ3n) is 3.55. The van der Waals surface area contributed by atoms with Crippen LogP contribution in [0.1, 0.15) is 24.2 Å². The molecular formula is C11H11Cl3N2O2. The summed E-state index contributed by atoms with van der Waals surface area (Å²) in [6.45, 7) is 1.47. The normalized spacial score (nSPS) is 31.2. The van der Waals surface area contributed by atoms with Crippen molar-refractivity contribution in [2.45, 2.75) is 22.4 Å². The van der Waals surface area contributed by atoms with Crippen LogP contribution in [0.3, 0.4) is 0 Å². The van der Waals surface area contributed by atoms with Crippen LogP contribution in [0.5, 0.6) is 0 Å². The van der Waals surface area contributed by atoms with Crippen molar-refractivity contribution in [2.75, 3.05) is 6.61 Å². The average molecular weight is 310 g/mol. The van der Waals surface area contributed by atoms with Crippen molar-refractivity contribution in [3.05, 3.63) is 23.5 Å². The van der Waals surface area contributed by atoms with Crippen LogP contribution in [0.25, 0.3) is 0 Å². The fourth-order valence-corrected chi connectivity index (χ4v) is 3.27. The highest BCUT2D eigenvalue weighted by atomic mass is 35.6. The number of halogens is 3. The third-order valence-corrected chi connectivity index (χ3v) is 4.42. The molecule has 0 amide bonds. The Kier molecular flexibility index (Phi) is 3.33. The maximum atomic E-state index is 10.7. The fraction of sp³-hybridized carbons (Fsp3) is 0.545. The smallest absolute Gasteiger partial charge is 0.224 e. The first-order valence-corrected chi connectivity index (χ1v) is 6.43. The Bertz CT molecular complexity index is 517. The van der Waals surface area contributed by atoms with Gasteiger partial charge in [-0.05, 0) is 13.0 Å². The van der Waals surface area contributed by atoms with E-state index >= 15 is 0 Å². The van der Waals surface area contributed by atoms with Crippen LogP contribution < -0.4 is 0 Å². The summed E-state index contributed by atoms with van der Waals surface area (Å²) in [5.41, 5.74) is -1.10. The predicted octanol–water partition coefficient (Wildman–Crippen LogP) is 2.10. The van der Waals surface area contributed by atoms with Gasteiger partial charge in [0.15, 0.2) is 5.60 Å². The topological polar surface area (TPSA) is 69.2 Å². The van der Waals surface area contributed by atoms with Gasteiger partial charge in [0.2, 0.25) is 3.79 Å². The van der Waals surface area contributed by atoms with E-state index in [4.69, 9.17) is 40.1 Å². The third kappa shape index (κ3) is 1.66. The molecule has 3 atom stereocenters. The maximum Gasteiger partial charge on any atom is 0.224 e. The zero-order valence-corrected chi connectivity index (χ0v) is 11.7. The number of aromatic nitrogens is 1. The lowest BCUT2D eigenvalue weighted by molar-refractivity contribution is -0.0376. The zero-order valence-electron chi connectivity index (χ0n) is 9.44. The first-order valence-electron chi connectivity index (χ1n) is 5.29. The van der Waals surface area contributed by atoms with Crippen LogP contribution in [0.2, 0.25) is 0 Å². The van der Waals surface area contributed by atoms with Gasteiger partial charge < -0.3 is 14.8 Å². The first-order chi connectivity index (χ1) is 8.27. The van der Waals surface area contributed by atoms with Crippen LogP contribution in [0, 0.1) is 17.2 Å². The van der Waals surface area contributed by atoms with Crippen molar-refractivity contribution in [1.29, 1.82) is 5.26 Å². The molecule has 2 N–H and O–H groups in total. The largest absolute Gasteiger partial charge is 0.396 e. The number of nitrogens with zero attached hydrogens (tertiary/aromatic N) is 2. The highest BCUT2D eigenvalue weighted by Gasteiger charge is 2.61. The molecule has 0 saturated heterocycles. The number of fused-ring (bicyclic) bond motifs is 1. The summed E-state index contributed by atoms with van der Waals surface area (Å²) >= 11 is 17.6. The summed E-state index contributed by atoms with van der Waals surface area (Å²) in [7, 11) is 0. The average Bonchev–Trinajstić information content (AvgIpc) is 2.78. The van der Waals surface area contributed by atoms with Crippen LogP contribution >= 0.6 is 34.8 Å². The Morgan fingerprint density at radius 2 is 2.17 bits per heavy atom. The summed E-state index contributed by atoms with van der Waals surface area (Å²) < 4.78 is -0.324. The van der Waals surface area contributed by atoms with Gasteiger partial charge in [0.1, 0.15) is 6.07 Å². The molecule has 0 unspecified atom stereocenters. The minimum Gasteiger partial charge on any atom is -0.396 e. The van der Waals surface area contributed by atoms with Gasteiger partial charge in [0, 0.05) is 18.2 Å². The van der Waals surface area contributed by atoms with E-state index in [2.05, 4.69) is 0 Å². The van der Waals surface area contributed by atoms with E-state index in [0.717, 1.165) is 0 Å². The highest BCUT2D eigenvalue weighted by Crippen LogP contribution is 2.56. The second-order valence-corrected chi connectivity index (χ2v) is 6.71. The van der Waals surface area contributed by atoms with Gasteiger partial charge >= 0.3 is 0 Å². The van der Waals surface area contributed by atoms with Crippen molar-refractivity contribution >= 4 is 34.8 Å². The zero-order chi connectivity index (χ0) is 13.7. The van der Waals surface area contributed by atoms with Crippen LogP contribution in [0.4, 0.5) is 0 Å². The van der Waals surface area contributed by atoms with Gasteiger partial charge in [0.05, 0.1) is 17.9 Å². The molecule has 4 nitrogen and oxygen atoms in total. The Labute approximate surface area is 119 Å². The number of hydrogen-bond donors (Lipinski definition) is 2. The Morgan fingerprint density at radius 1 is 1.56 bits per heavy atom. The molecular weight excluding hydrogens is 298 g/mol.